The topological polar surface area (TPSA) is 52.0 Å². The highest BCUT2D eigenvalue weighted by atomic mass is 79.9. The molecule has 6 heteroatoms. The van der Waals surface area contributed by atoms with E-state index in [1.807, 2.05) is 0 Å². The number of halogens is 2. The maximum atomic E-state index is 12.7. The Morgan fingerprint density at radius 3 is 2.71 bits per heavy atom. The third-order valence-electron chi connectivity index (χ3n) is 3.48. The van der Waals surface area contributed by atoms with Crippen molar-refractivity contribution in [3.05, 3.63) is 67.6 Å². The van der Waals surface area contributed by atoms with Gasteiger partial charge in [-0.1, -0.05) is 39.7 Å². The largest absolute Gasteiger partial charge is 0.285 e. The van der Waals surface area contributed by atoms with Gasteiger partial charge in [0.25, 0.3) is 5.56 Å². The highest BCUT2D eigenvalue weighted by molar-refractivity contribution is 9.10. The van der Waals surface area contributed by atoms with Crippen molar-refractivity contribution in [3.8, 4) is 5.69 Å². The van der Waals surface area contributed by atoms with Crippen LogP contribution < -0.4 is 5.56 Å². The molecule has 0 saturated carbocycles. The highest BCUT2D eigenvalue weighted by Gasteiger charge is 2.32. The Morgan fingerprint density at radius 2 is 1.90 bits per heavy atom. The molecule has 2 aromatic carbocycles. The minimum atomic E-state index is -0.295. The minimum absolute atomic E-state index is 0.105. The van der Waals surface area contributed by atoms with E-state index in [9.17, 15) is 9.59 Å². The molecule has 4 rings (SSSR count). The van der Waals surface area contributed by atoms with Gasteiger partial charge >= 0.3 is 0 Å². The van der Waals surface area contributed by atoms with Crippen LogP contribution in [0.1, 0.15) is 16.2 Å². The molecule has 0 N–H and O–H groups in total. The van der Waals surface area contributed by atoms with Crippen LogP contribution >= 0.6 is 27.5 Å². The van der Waals surface area contributed by atoms with Crippen LogP contribution in [0.4, 0.5) is 0 Å². The molecule has 0 radical (unpaired) electrons. The summed E-state index contributed by atoms with van der Waals surface area (Å²) in [6.07, 6.45) is 0. The summed E-state index contributed by atoms with van der Waals surface area (Å²) in [4.78, 5) is 29.5. The Labute approximate surface area is 132 Å². The number of ketones is 1. The lowest BCUT2D eigenvalue weighted by Gasteiger charge is -2.07. The molecule has 1 aliphatic rings. The molecule has 3 aromatic rings. The van der Waals surface area contributed by atoms with E-state index in [0.29, 0.717) is 31.6 Å². The van der Waals surface area contributed by atoms with Crippen LogP contribution in [0.5, 0.6) is 0 Å². The normalized spacial score (nSPS) is 12.6. The number of para-hydroxylation sites is 1. The van der Waals surface area contributed by atoms with Crippen molar-refractivity contribution >= 4 is 44.2 Å². The first kappa shape index (κ1) is 12.7. The number of carbonyl (C=O) groups excluding carboxylic acids is 1. The van der Waals surface area contributed by atoms with Crippen molar-refractivity contribution in [1.29, 1.82) is 0 Å². The lowest BCUT2D eigenvalue weighted by molar-refractivity contribution is 0.103. The first-order chi connectivity index (χ1) is 10.1. The van der Waals surface area contributed by atoms with Crippen LogP contribution in [0.3, 0.4) is 0 Å². The molecule has 1 aliphatic heterocycles. The smallest absolute Gasteiger partial charge is 0.266 e. The Balaban J connectivity index is 2.22. The fraction of sp³-hybridized carbons (Fsp3) is 0. The zero-order valence-electron chi connectivity index (χ0n) is 10.4. The van der Waals surface area contributed by atoms with Gasteiger partial charge in [0.1, 0.15) is 0 Å². The van der Waals surface area contributed by atoms with Gasteiger partial charge in [0.15, 0.2) is 5.82 Å². The van der Waals surface area contributed by atoms with E-state index < -0.39 is 0 Å². The van der Waals surface area contributed by atoms with Gasteiger partial charge in [-0.2, -0.15) is 0 Å². The van der Waals surface area contributed by atoms with Crippen molar-refractivity contribution in [2.75, 3.05) is 0 Å². The predicted molar refractivity (Wildman–Crippen MR) is 83.5 cm³/mol. The third kappa shape index (κ3) is 1.65. The average Bonchev–Trinajstić information content (AvgIpc) is 2.74. The van der Waals surface area contributed by atoms with Crippen molar-refractivity contribution < 1.29 is 4.79 Å². The Hall–Kier alpha value is -1.98. The quantitative estimate of drug-likeness (QED) is 0.483. The number of hydrogen-bond donors (Lipinski definition) is 0. The molecule has 0 spiro atoms. The fourth-order valence-electron chi connectivity index (χ4n) is 2.58. The Bertz CT molecular complexity index is 1010. The standard InChI is InChI=1S/C15H6BrClN2O2/c16-7-5-9-12(10(17)6-7)19-14(13(9)20)18-11-4-2-1-3-8(11)15(19)21/h1-6H. The van der Waals surface area contributed by atoms with Crippen LogP contribution in [0.15, 0.2) is 45.7 Å². The molecule has 0 fully saturated rings. The maximum absolute atomic E-state index is 12.7. The van der Waals surface area contributed by atoms with E-state index in [1.54, 1.807) is 36.4 Å². The number of hydrogen-bond acceptors (Lipinski definition) is 3. The van der Waals surface area contributed by atoms with Crippen LogP contribution in [-0.2, 0) is 0 Å². The molecule has 1 aromatic heterocycles. The van der Waals surface area contributed by atoms with Gasteiger partial charge in [-0.25, -0.2) is 4.98 Å². The highest BCUT2D eigenvalue weighted by Crippen LogP contribution is 2.34. The summed E-state index contributed by atoms with van der Waals surface area (Å²) >= 11 is 9.53. The third-order valence-corrected chi connectivity index (χ3v) is 4.22. The van der Waals surface area contributed by atoms with Gasteiger partial charge < -0.3 is 0 Å². The lowest BCUT2D eigenvalue weighted by atomic mass is 10.1. The monoisotopic (exact) mass is 360 g/mol. The first-order valence-electron chi connectivity index (χ1n) is 6.14. The van der Waals surface area contributed by atoms with Gasteiger partial charge in [-0.3, -0.25) is 14.2 Å². The lowest BCUT2D eigenvalue weighted by Crippen LogP contribution is -2.21. The number of fused-ring (bicyclic) bond motifs is 4. The Morgan fingerprint density at radius 1 is 1.14 bits per heavy atom. The first-order valence-corrected chi connectivity index (χ1v) is 7.31. The average molecular weight is 362 g/mol. The zero-order chi connectivity index (χ0) is 14.7. The summed E-state index contributed by atoms with van der Waals surface area (Å²) in [7, 11) is 0. The summed E-state index contributed by atoms with van der Waals surface area (Å²) in [5, 5.41) is 0.798. The van der Waals surface area contributed by atoms with Crippen molar-refractivity contribution in [2.45, 2.75) is 0 Å². The molecule has 4 nitrogen and oxygen atoms in total. The summed E-state index contributed by atoms with van der Waals surface area (Å²) in [6, 6.07) is 10.3. The van der Waals surface area contributed by atoms with Crippen LogP contribution in [0.25, 0.3) is 16.6 Å². The van der Waals surface area contributed by atoms with E-state index in [2.05, 4.69) is 20.9 Å². The van der Waals surface area contributed by atoms with Crippen LogP contribution in [0.2, 0.25) is 5.02 Å². The van der Waals surface area contributed by atoms with Crippen molar-refractivity contribution in [2.24, 2.45) is 0 Å². The fourth-order valence-corrected chi connectivity index (χ4v) is 3.47. The molecule has 0 bridgehead atoms. The second-order valence-corrected chi connectivity index (χ2v) is 6.03. The number of rotatable bonds is 0. The van der Waals surface area contributed by atoms with Gasteiger partial charge in [-0.05, 0) is 24.3 Å². The molecule has 0 unspecified atom stereocenters. The molecular weight excluding hydrogens is 356 g/mol. The molecule has 0 amide bonds. The summed E-state index contributed by atoms with van der Waals surface area (Å²) in [5.74, 6) is -0.190. The van der Waals surface area contributed by atoms with Gasteiger partial charge in [0, 0.05) is 4.47 Å². The van der Waals surface area contributed by atoms with E-state index in [-0.39, 0.29) is 17.2 Å². The summed E-state index contributed by atoms with van der Waals surface area (Å²) < 4.78 is 1.99. The summed E-state index contributed by atoms with van der Waals surface area (Å²) in [5.41, 5.74) is 1.01. The molecule has 0 aliphatic carbocycles. The summed E-state index contributed by atoms with van der Waals surface area (Å²) in [6.45, 7) is 0. The van der Waals surface area contributed by atoms with Gasteiger partial charge in [0.05, 0.1) is 27.2 Å². The molecule has 0 saturated heterocycles. The predicted octanol–water partition coefficient (Wildman–Crippen LogP) is 3.35. The molecule has 0 atom stereocenters. The van der Waals surface area contributed by atoms with Crippen molar-refractivity contribution in [3.63, 3.8) is 0 Å². The van der Waals surface area contributed by atoms with Crippen molar-refractivity contribution in [1.82, 2.24) is 9.55 Å². The van der Waals surface area contributed by atoms with E-state index in [4.69, 9.17) is 11.6 Å². The zero-order valence-corrected chi connectivity index (χ0v) is 12.8. The number of carbonyl (C=O) groups is 1. The molecule has 2 heterocycles. The minimum Gasteiger partial charge on any atom is -0.285 e. The SMILES string of the molecule is O=C1c2cc(Br)cc(Cl)c2-n2c1nc1ccccc1c2=O. The second-order valence-electron chi connectivity index (χ2n) is 4.71. The van der Waals surface area contributed by atoms with E-state index in [1.165, 1.54) is 4.57 Å². The molecular formula is C15H6BrClN2O2. The van der Waals surface area contributed by atoms with E-state index >= 15 is 0 Å². The van der Waals surface area contributed by atoms with Crippen LogP contribution in [-0.4, -0.2) is 15.3 Å². The maximum Gasteiger partial charge on any atom is 0.266 e. The van der Waals surface area contributed by atoms with Gasteiger partial charge in [0.2, 0.25) is 5.78 Å². The van der Waals surface area contributed by atoms with Gasteiger partial charge in [-0.15, -0.1) is 0 Å². The van der Waals surface area contributed by atoms with Crippen LogP contribution in [0, 0.1) is 0 Å². The second kappa shape index (κ2) is 4.26. The Kier molecular flexibility index (Phi) is 2.58. The number of aromatic nitrogens is 2. The number of benzene rings is 2. The molecule has 21 heavy (non-hydrogen) atoms. The number of nitrogens with zero attached hydrogens (tertiary/aromatic N) is 2. The molecule has 102 valence electrons. The van der Waals surface area contributed by atoms with E-state index in [0.717, 1.165) is 0 Å².